The zero-order valence-electron chi connectivity index (χ0n) is 10.8. The molecule has 1 aromatic heterocycles. The van der Waals surface area contributed by atoms with Crippen LogP contribution in [-0.2, 0) is 12.8 Å². The molecule has 0 bridgehead atoms. The van der Waals surface area contributed by atoms with Gasteiger partial charge in [-0.25, -0.2) is 0 Å². The van der Waals surface area contributed by atoms with Crippen molar-refractivity contribution in [2.75, 3.05) is 0 Å². The van der Waals surface area contributed by atoms with E-state index in [0.717, 1.165) is 30.5 Å². The Hall–Kier alpha value is -0.850. The molecule has 0 radical (unpaired) electrons. The van der Waals surface area contributed by atoms with E-state index in [1.54, 1.807) is 0 Å². The van der Waals surface area contributed by atoms with Crippen molar-refractivity contribution in [1.29, 1.82) is 0 Å². The second-order valence-corrected chi connectivity index (χ2v) is 3.83. The molecule has 1 aromatic rings. The Morgan fingerprint density at radius 3 is 2.43 bits per heavy atom. The molecule has 1 heteroatoms. The Kier molecular flexibility index (Phi) is 3.18. The van der Waals surface area contributed by atoms with E-state index in [4.69, 9.17) is 1.37 Å². The van der Waals surface area contributed by atoms with Gasteiger partial charge in [0, 0.05) is 12.8 Å². The van der Waals surface area contributed by atoms with Crippen LogP contribution in [0.4, 0.5) is 0 Å². The standard InChI is InChI=1S/C13H21N/c1-6-8-13-12(7-2)10(4)9(3)11(5)14-13/h6-8H2,1-5H3/i3D. The number of hydrogen-bond acceptors (Lipinski definition) is 1. The lowest BCUT2D eigenvalue weighted by atomic mass is 9.97. The van der Waals surface area contributed by atoms with Crippen molar-refractivity contribution in [3.05, 3.63) is 28.1 Å². The summed E-state index contributed by atoms with van der Waals surface area (Å²) in [6, 6.07) is 0. The molecule has 0 fully saturated rings. The van der Waals surface area contributed by atoms with Crippen molar-refractivity contribution in [2.24, 2.45) is 0 Å². The molecule has 0 spiro atoms. The SMILES string of the molecule is [2H]Cc1c(C)nc(CCC)c(CC)c1C. The molecule has 78 valence electrons. The lowest BCUT2D eigenvalue weighted by Gasteiger charge is -2.14. The number of nitrogens with zero attached hydrogens (tertiary/aromatic N) is 1. The number of aromatic nitrogens is 1. The lowest BCUT2D eigenvalue weighted by Crippen LogP contribution is -2.04. The molecule has 0 unspecified atom stereocenters. The highest BCUT2D eigenvalue weighted by Gasteiger charge is 2.09. The summed E-state index contributed by atoms with van der Waals surface area (Å²) in [5, 5.41) is 0. The number of aryl methyl sites for hydroxylation is 2. The fourth-order valence-electron chi connectivity index (χ4n) is 1.92. The summed E-state index contributed by atoms with van der Waals surface area (Å²) in [5.74, 6) is 0. The third-order valence-electron chi connectivity index (χ3n) is 2.83. The van der Waals surface area contributed by atoms with Crippen LogP contribution in [0.3, 0.4) is 0 Å². The van der Waals surface area contributed by atoms with Gasteiger partial charge in [0.15, 0.2) is 0 Å². The fourth-order valence-corrected chi connectivity index (χ4v) is 1.92. The molecule has 0 saturated carbocycles. The van der Waals surface area contributed by atoms with E-state index in [9.17, 15) is 0 Å². The normalized spacial score (nSPS) is 11.6. The van der Waals surface area contributed by atoms with Gasteiger partial charge in [0.05, 0.1) is 0 Å². The van der Waals surface area contributed by atoms with Gasteiger partial charge in [-0.05, 0) is 50.3 Å². The monoisotopic (exact) mass is 192 g/mol. The maximum Gasteiger partial charge on any atom is 0.0441 e. The minimum absolute atomic E-state index is 0.351. The second-order valence-electron chi connectivity index (χ2n) is 3.83. The smallest absolute Gasteiger partial charge is 0.0441 e. The molecule has 1 nitrogen and oxygen atoms in total. The molecule has 14 heavy (non-hydrogen) atoms. The van der Waals surface area contributed by atoms with E-state index in [-0.39, 0.29) is 0 Å². The molecular weight excluding hydrogens is 170 g/mol. The molecule has 0 aliphatic carbocycles. The summed E-state index contributed by atoms with van der Waals surface area (Å²) in [4.78, 5) is 4.65. The first-order valence-corrected chi connectivity index (χ1v) is 5.42. The van der Waals surface area contributed by atoms with E-state index in [1.165, 1.54) is 16.8 Å². The first-order chi connectivity index (χ1) is 7.15. The van der Waals surface area contributed by atoms with E-state index in [2.05, 4.69) is 25.8 Å². The molecule has 0 N–H and O–H groups in total. The van der Waals surface area contributed by atoms with Crippen LogP contribution in [0.25, 0.3) is 0 Å². The molecule has 1 heterocycles. The van der Waals surface area contributed by atoms with Gasteiger partial charge in [0.25, 0.3) is 0 Å². The van der Waals surface area contributed by atoms with Crippen molar-refractivity contribution in [2.45, 2.75) is 53.9 Å². The van der Waals surface area contributed by atoms with Gasteiger partial charge < -0.3 is 0 Å². The van der Waals surface area contributed by atoms with Gasteiger partial charge in [0.1, 0.15) is 0 Å². The van der Waals surface area contributed by atoms with Crippen LogP contribution in [0.1, 0.15) is 49.7 Å². The van der Waals surface area contributed by atoms with Crippen molar-refractivity contribution < 1.29 is 1.37 Å². The predicted molar refractivity (Wildman–Crippen MR) is 61.8 cm³/mol. The van der Waals surface area contributed by atoms with Gasteiger partial charge in [0.2, 0.25) is 0 Å². The summed E-state index contributed by atoms with van der Waals surface area (Å²) in [5.41, 5.74) is 6.07. The van der Waals surface area contributed by atoms with Crippen molar-refractivity contribution in [3.8, 4) is 0 Å². The second kappa shape index (κ2) is 4.59. The molecule has 0 amide bonds. The molecular formula is C13H21N. The van der Waals surface area contributed by atoms with Crippen LogP contribution in [0.5, 0.6) is 0 Å². The molecule has 0 aromatic carbocycles. The number of hydrogen-bond donors (Lipinski definition) is 0. The quantitative estimate of drug-likeness (QED) is 0.714. The highest BCUT2D eigenvalue weighted by Crippen LogP contribution is 2.20. The molecule has 0 aliphatic heterocycles. The molecule has 0 atom stereocenters. The van der Waals surface area contributed by atoms with Crippen LogP contribution >= 0.6 is 0 Å². The van der Waals surface area contributed by atoms with Crippen molar-refractivity contribution in [3.63, 3.8) is 0 Å². The Morgan fingerprint density at radius 2 is 1.93 bits per heavy atom. The van der Waals surface area contributed by atoms with Crippen LogP contribution in [-0.4, -0.2) is 4.98 Å². The third-order valence-corrected chi connectivity index (χ3v) is 2.83. The average molecular weight is 192 g/mol. The highest BCUT2D eigenvalue weighted by atomic mass is 14.7. The first kappa shape index (κ1) is 9.70. The fraction of sp³-hybridized carbons (Fsp3) is 0.615. The van der Waals surface area contributed by atoms with Crippen LogP contribution in [0.2, 0.25) is 0 Å². The van der Waals surface area contributed by atoms with Gasteiger partial charge >= 0.3 is 0 Å². The number of pyridine rings is 1. The largest absolute Gasteiger partial charge is 0.258 e. The summed E-state index contributed by atoms with van der Waals surface area (Å²) in [6.07, 6.45) is 3.23. The zero-order valence-corrected chi connectivity index (χ0v) is 9.78. The molecule has 0 aliphatic rings. The minimum atomic E-state index is 0.351. The first-order valence-electron chi connectivity index (χ1n) is 6.13. The Bertz CT molecular complexity index is 345. The minimum Gasteiger partial charge on any atom is -0.258 e. The average Bonchev–Trinajstić information content (AvgIpc) is 2.19. The maximum atomic E-state index is 7.53. The summed E-state index contributed by atoms with van der Waals surface area (Å²) >= 11 is 0. The van der Waals surface area contributed by atoms with E-state index >= 15 is 0 Å². The molecule has 0 saturated heterocycles. The van der Waals surface area contributed by atoms with Crippen LogP contribution in [0.15, 0.2) is 0 Å². The zero-order chi connectivity index (χ0) is 11.4. The Morgan fingerprint density at radius 1 is 1.21 bits per heavy atom. The summed E-state index contributed by atoms with van der Waals surface area (Å²) < 4.78 is 7.53. The lowest BCUT2D eigenvalue weighted by molar-refractivity contribution is 0.837. The predicted octanol–water partition coefficient (Wildman–Crippen LogP) is 3.52. The van der Waals surface area contributed by atoms with E-state index < -0.39 is 0 Å². The van der Waals surface area contributed by atoms with Crippen LogP contribution in [0, 0.1) is 20.7 Å². The number of rotatable bonds is 3. The summed E-state index contributed by atoms with van der Waals surface area (Å²) in [6.45, 7) is 8.87. The van der Waals surface area contributed by atoms with Crippen LogP contribution < -0.4 is 0 Å². The van der Waals surface area contributed by atoms with Gasteiger partial charge in [-0.1, -0.05) is 20.3 Å². The third kappa shape index (κ3) is 1.97. The van der Waals surface area contributed by atoms with E-state index in [0.29, 0.717) is 6.90 Å². The topological polar surface area (TPSA) is 12.9 Å². The van der Waals surface area contributed by atoms with Gasteiger partial charge in [-0.15, -0.1) is 0 Å². The maximum absolute atomic E-state index is 7.53. The highest BCUT2D eigenvalue weighted by molar-refractivity contribution is 5.38. The Balaban J connectivity index is 3.30. The van der Waals surface area contributed by atoms with Gasteiger partial charge in [-0.3, -0.25) is 4.98 Å². The van der Waals surface area contributed by atoms with E-state index in [1.807, 2.05) is 6.92 Å². The van der Waals surface area contributed by atoms with Crippen molar-refractivity contribution >= 4 is 0 Å². The van der Waals surface area contributed by atoms with Crippen molar-refractivity contribution in [1.82, 2.24) is 4.98 Å². The summed E-state index contributed by atoms with van der Waals surface area (Å²) in [7, 11) is 0. The molecule has 1 rings (SSSR count). The Labute approximate surface area is 89.0 Å². The van der Waals surface area contributed by atoms with Gasteiger partial charge in [-0.2, -0.15) is 0 Å².